The number of esters is 1. The van der Waals surface area contributed by atoms with Crippen LogP contribution in [0.3, 0.4) is 0 Å². The molecule has 1 aromatic carbocycles. The lowest BCUT2D eigenvalue weighted by Gasteiger charge is -2.27. The smallest absolute Gasteiger partial charge is 0.311 e. The van der Waals surface area contributed by atoms with Gasteiger partial charge in [-0.2, -0.15) is 0 Å². The lowest BCUT2D eigenvalue weighted by atomic mass is 9.89. The number of aliphatic carboxylic acids is 1. The minimum absolute atomic E-state index is 0.121. The molecule has 0 heterocycles. The molecule has 1 rings (SSSR count). The Balaban J connectivity index is 2.90. The minimum atomic E-state index is -0.955. The van der Waals surface area contributed by atoms with Gasteiger partial charge in [-0.1, -0.05) is 30.3 Å². The molecule has 1 unspecified atom stereocenters. The van der Waals surface area contributed by atoms with E-state index in [4.69, 9.17) is 15.6 Å². The highest BCUT2D eigenvalue weighted by atomic mass is 16.6. The van der Waals surface area contributed by atoms with Crippen LogP contribution in [-0.2, 0) is 14.3 Å². The maximum atomic E-state index is 12.3. The molecule has 0 aromatic heterocycles. The van der Waals surface area contributed by atoms with Crippen LogP contribution < -0.4 is 5.73 Å². The van der Waals surface area contributed by atoms with Gasteiger partial charge in [0.15, 0.2) is 0 Å². The van der Waals surface area contributed by atoms with Crippen molar-refractivity contribution in [3.05, 3.63) is 35.9 Å². The topological polar surface area (TPSA) is 89.6 Å². The molecule has 1 aromatic rings. The van der Waals surface area contributed by atoms with Crippen molar-refractivity contribution in [1.29, 1.82) is 0 Å². The monoisotopic (exact) mass is 293 g/mol. The molecule has 5 nitrogen and oxygen atoms in total. The summed E-state index contributed by atoms with van der Waals surface area (Å²) in [4.78, 5) is 23.1. The lowest BCUT2D eigenvalue weighted by Crippen LogP contribution is -2.35. The third kappa shape index (κ3) is 5.95. The Hall–Kier alpha value is -1.88. The lowest BCUT2D eigenvalue weighted by molar-refractivity contribution is -0.161. The fraction of sp³-hybridized carbons (Fsp3) is 0.500. The van der Waals surface area contributed by atoms with Crippen molar-refractivity contribution in [2.45, 2.75) is 45.3 Å². The SMILES string of the molecule is CC(C)(C)OC(=O)[C@@H](CCC(=O)O)C(N)c1ccccc1. The second-order valence-corrected chi connectivity index (χ2v) is 6.01. The average molecular weight is 293 g/mol. The molecule has 116 valence electrons. The summed E-state index contributed by atoms with van der Waals surface area (Å²) in [6.45, 7) is 5.31. The first-order chi connectivity index (χ1) is 9.70. The largest absolute Gasteiger partial charge is 0.481 e. The van der Waals surface area contributed by atoms with E-state index in [-0.39, 0.29) is 12.8 Å². The van der Waals surface area contributed by atoms with E-state index in [1.807, 2.05) is 30.3 Å². The minimum Gasteiger partial charge on any atom is -0.481 e. The van der Waals surface area contributed by atoms with E-state index >= 15 is 0 Å². The number of benzene rings is 1. The first-order valence-corrected chi connectivity index (χ1v) is 6.96. The molecule has 0 amide bonds. The van der Waals surface area contributed by atoms with Crippen molar-refractivity contribution in [2.75, 3.05) is 0 Å². The summed E-state index contributed by atoms with van der Waals surface area (Å²) >= 11 is 0. The summed E-state index contributed by atoms with van der Waals surface area (Å²) < 4.78 is 5.36. The molecule has 0 saturated carbocycles. The van der Waals surface area contributed by atoms with Gasteiger partial charge in [0.05, 0.1) is 5.92 Å². The van der Waals surface area contributed by atoms with Gasteiger partial charge in [0.25, 0.3) is 0 Å². The number of carbonyl (C=O) groups excluding carboxylic acids is 1. The van der Waals surface area contributed by atoms with Gasteiger partial charge in [-0.05, 0) is 32.8 Å². The maximum Gasteiger partial charge on any atom is 0.311 e. The van der Waals surface area contributed by atoms with E-state index in [1.165, 1.54) is 0 Å². The van der Waals surface area contributed by atoms with Crippen molar-refractivity contribution in [2.24, 2.45) is 11.7 Å². The number of carboxylic acid groups (broad SMARTS) is 1. The van der Waals surface area contributed by atoms with Gasteiger partial charge in [-0.3, -0.25) is 9.59 Å². The number of carboxylic acids is 1. The Bertz CT molecular complexity index is 479. The van der Waals surface area contributed by atoms with Gasteiger partial charge in [-0.25, -0.2) is 0 Å². The predicted octanol–water partition coefficient (Wildman–Crippen LogP) is 2.51. The number of hydrogen-bond acceptors (Lipinski definition) is 4. The average Bonchev–Trinajstić information content (AvgIpc) is 2.37. The van der Waals surface area contributed by atoms with E-state index in [0.29, 0.717) is 0 Å². The Kier molecular flexibility index (Phi) is 5.90. The standard InChI is InChI=1S/C16H23NO4/c1-16(2,3)21-15(20)12(9-10-13(18)19)14(17)11-7-5-4-6-8-11/h4-8,12,14H,9-10,17H2,1-3H3,(H,18,19)/t12-,14?/m0/s1. The van der Waals surface area contributed by atoms with Gasteiger partial charge in [0, 0.05) is 12.5 Å². The van der Waals surface area contributed by atoms with Crippen LogP contribution in [0.25, 0.3) is 0 Å². The molecule has 5 heteroatoms. The molecule has 0 aliphatic rings. The van der Waals surface area contributed by atoms with Crippen LogP contribution in [0.15, 0.2) is 30.3 Å². The van der Waals surface area contributed by atoms with Crippen molar-refractivity contribution in [3.8, 4) is 0 Å². The molecule has 21 heavy (non-hydrogen) atoms. The van der Waals surface area contributed by atoms with Crippen LogP contribution in [0.1, 0.15) is 45.2 Å². The van der Waals surface area contributed by atoms with Gasteiger partial charge in [0.2, 0.25) is 0 Å². The third-order valence-electron chi connectivity index (χ3n) is 3.00. The Morgan fingerprint density at radius 3 is 2.29 bits per heavy atom. The molecular weight excluding hydrogens is 270 g/mol. The summed E-state index contributed by atoms with van der Waals surface area (Å²) in [6.07, 6.45) is 0.0325. The highest BCUT2D eigenvalue weighted by Crippen LogP contribution is 2.26. The quantitative estimate of drug-likeness (QED) is 0.787. The molecule has 0 aliphatic carbocycles. The maximum absolute atomic E-state index is 12.3. The van der Waals surface area contributed by atoms with E-state index in [0.717, 1.165) is 5.56 Å². The van der Waals surface area contributed by atoms with Gasteiger partial charge in [0.1, 0.15) is 5.60 Å². The second-order valence-electron chi connectivity index (χ2n) is 6.01. The first-order valence-electron chi connectivity index (χ1n) is 6.96. The van der Waals surface area contributed by atoms with Crippen LogP contribution >= 0.6 is 0 Å². The van der Waals surface area contributed by atoms with E-state index in [9.17, 15) is 9.59 Å². The molecule has 0 spiro atoms. The van der Waals surface area contributed by atoms with E-state index < -0.39 is 29.5 Å². The number of ether oxygens (including phenoxy) is 1. The fourth-order valence-electron chi connectivity index (χ4n) is 2.01. The predicted molar refractivity (Wildman–Crippen MR) is 79.6 cm³/mol. The third-order valence-corrected chi connectivity index (χ3v) is 3.00. The molecule has 3 N–H and O–H groups in total. The van der Waals surface area contributed by atoms with Crippen molar-refractivity contribution < 1.29 is 19.4 Å². The van der Waals surface area contributed by atoms with Crippen LogP contribution in [0.2, 0.25) is 0 Å². The van der Waals surface area contributed by atoms with E-state index in [1.54, 1.807) is 20.8 Å². The molecule has 0 radical (unpaired) electrons. The highest BCUT2D eigenvalue weighted by Gasteiger charge is 2.31. The number of nitrogens with two attached hydrogens (primary N) is 1. The number of hydrogen-bond donors (Lipinski definition) is 2. The second kappa shape index (κ2) is 7.22. The van der Waals surface area contributed by atoms with Crippen LogP contribution in [0.4, 0.5) is 0 Å². The Morgan fingerprint density at radius 1 is 1.24 bits per heavy atom. The molecule has 0 saturated heterocycles. The summed E-state index contributed by atoms with van der Waals surface area (Å²) in [5.74, 6) is -2.09. The number of rotatable bonds is 6. The fourth-order valence-corrected chi connectivity index (χ4v) is 2.01. The van der Waals surface area contributed by atoms with Crippen LogP contribution in [0.5, 0.6) is 0 Å². The van der Waals surface area contributed by atoms with Gasteiger partial charge >= 0.3 is 11.9 Å². The summed E-state index contributed by atoms with van der Waals surface area (Å²) in [6, 6.07) is 8.58. The van der Waals surface area contributed by atoms with Crippen LogP contribution in [-0.4, -0.2) is 22.6 Å². The highest BCUT2D eigenvalue weighted by molar-refractivity contribution is 5.75. The summed E-state index contributed by atoms with van der Waals surface area (Å²) in [5.41, 5.74) is 6.31. The summed E-state index contributed by atoms with van der Waals surface area (Å²) in [7, 11) is 0. The molecule has 0 aliphatic heterocycles. The van der Waals surface area contributed by atoms with Crippen LogP contribution in [0, 0.1) is 5.92 Å². The zero-order valence-corrected chi connectivity index (χ0v) is 12.7. The molecule has 2 atom stereocenters. The molecule has 0 bridgehead atoms. The molecular formula is C16H23NO4. The zero-order chi connectivity index (χ0) is 16.0. The Labute approximate surface area is 125 Å². The summed E-state index contributed by atoms with van der Waals surface area (Å²) in [5, 5.41) is 8.84. The number of carbonyl (C=O) groups is 2. The normalized spacial score (nSPS) is 14.3. The van der Waals surface area contributed by atoms with Crippen molar-refractivity contribution in [1.82, 2.24) is 0 Å². The Morgan fingerprint density at radius 2 is 1.81 bits per heavy atom. The van der Waals surface area contributed by atoms with Gasteiger partial charge in [-0.15, -0.1) is 0 Å². The van der Waals surface area contributed by atoms with E-state index in [2.05, 4.69) is 0 Å². The van der Waals surface area contributed by atoms with Gasteiger partial charge < -0.3 is 15.6 Å². The first kappa shape index (κ1) is 17.2. The zero-order valence-electron chi connectivity index (χ0n) is 12.7. The van der Waals surface area contributed by atoms with Crippen molar-refractivity contribution >= 4 is 11.9 Å². The molecule has 0 fully saturated rings. The van der Waals surface area contributed by atoms with Crippen molar-refractivity contribution in [3.63, 3.8) is 0 Å².